The van der Waals surface area contributed by atoms with Crippen LogP contribution in [0.2, 0.25) is 0 Å². The molecule has 1 aliphatic heterocycles. The van der Waals surface area contributed by atoms with Crippen LogP contribution in [0.3, 0.4) is 0 Å². The van der Waals surface area contributed by atoms with Gasteiger partial charge in [0, 0.05) is 57.0 Å². The van der Waals surface area contributed by atoms with E-state index in [9.17, 15) is 18.0 Å². The molecule has 1 aromatic heterocycles. The van der Waals surface area contributed by atoms with E-state index in [0.29, 0.717) is 31.7 Å². The molecular weight excluding hydrogens is 492 g/mol. The number of anilines is 1. The molecule has 2 heterocycles. The number of nitrogens with zero attached hydrogens (tertiary/aromatic N) is 3. The van der Waals surface area contributed by atoms with Gasteiger partial charge in [0.05, 0.1) is 23.6 Å². The normalized spacial score (nSPS) is 14.6. The lowest BCUT2D eigenvalue weighted by Crippen LogP contribution is -2.40. The summed E-state index contributed by atoms with van der Waals surface area (Å²) in [5, 5.41) is 3.05. The molecule has 0 spiro atoms. The quantitative estimate of drug-likeness (QED) is 0.430. The van der Waals surface area contributed by atoms with E-state index in [1.165, 1.54) is 28.2 Å². The summed E-state index contributed by atoms with van der Waals surface area (Å²) in [6.45, 7) is 7.36. The topological polar surface area (TPSA) is 101 Å². The Kier molecular flexibility index (Phi) is 8.31. The predicted molar refractivity (Wildman–Crippen MR) is 145 cm³/mol. The number of carbonyl (C=O) groups excluding carboxylic acids is 1. The summed E-state index contributed by atoms with van der Waals surface area (Å²) in [5.74, 6) is -0.470. The largest absolute Gasteiger partial charge is 0.379 e. The molecule has 2 aromatic carbocycles. The number of hydrogen-bond acceptors (Lipinski definition) is 6. The van der Waals surface area contributed by atoms with Crippen molar-refractivity contribution in [3.63, 3.8) is 0 Å². The second-order valence-corrected chi connectivity index (χ2v) is 11.1. The van der Waals surface area contributed by atoms with E-state index in [2.05, 4.69) is 42.3 Å². The number of carbonyl (C=O) groups is 1. The van der Waals surface area contributed by atoms with Crippen molar-refractivity contribution < 1.29 is 17.9 Å². The fourth-order valence-electron chi connectivity index (χ4n) is 4.59. The number of benzene rings is 2. The van der Waals surface area contributed by atoms with Crippen molar-refractivity contribution >= 4 is 32.5 Å². The smallest absolute Gasteiger partial charge is 0.256 e. The van der Waals surface area contributed by atoms with E-state index in [4.69, 9.17) is 4.74 Å². The number of morpholine rings is 1. The Morgan fingerprint density at radius 2 is 1.89 bits per heavy atom. The molecule has 0 atom stereocenters. The van der Waals surface area contributed by atoms with E-state index in [1.807, 2.05) is 6.07 Å². The third-order valence-corrected chi connectivity index (χ3v) is 8.55. The first kappa shape index (κ1) is 26.8. The van der Waals surface area contributed by atoms with Crippen molar-refractivity contribution in [1.82, 2.24) is 14.2 Å². The number of sulfonamides is 1. The van der Waals surface area contributed by atoms with Crippen molar-refractivity contribution in [1.29, 1.82) is 0 Å². The van der Waals surface area contributed by atoms with Crippen LogP contribution in [0.5, 0.6) is 0 Å². The van der Waals surface area contributed by atoms with Crippen LogP contribution in [0.25, 0.3) is 10.9 Å². The average molecular weight is 527 g/mol. The summed E-state index contributed by atoms with van der Waals surface area (Å²) in [5.41, 5.74) is 2.39. The third-order valence-electron chi connectivity index (χ3n) is 6.65. The number of ether oxygens (including phenoxy) is 1. The molecule has 1 fully saturated rings. The van der Waals surface area contributed by atoms with Crippen LogP contribution in [0.15, 0.2) is 58.4 Å². The van der Waals surface area contributed by atoms with Gasteiger partial charge in [-0.1, -0.05) is 12.1 Å². The zero-order valence-electron chi connectivity index (χ0n) is 21.6. The van der Waals surface area contributed by atoms with Gasteiger partial charge in [0.2, 0.25) is 15.5 Å². The van der Waals surface area contributed by atoms with E-state index in [1.54, 1.807) is 17.7 Å². The number of aryl methyl sites for hydroxylation is 2. The first-order chi connectivity index (χ1) is 17.7. The monoisotopic (exact) mass is 526 g/mol. The molecule has 0 bridgehead atoms. The minimum Gasteiger partial charge on any atom is -0.379 e. The molecule has 1 N–H and O–H groups in total. The lowest BCUT2D eigenvalue weighted by atomic mass is 10.1. The van der Waals surface area contributed by atoms with Crippen molar-refractivity contribution in [3.05, 3.63) is 70.0 Å². The maximum atomic E-state index is 13.3. The van der Waals surface area contributed by atoms with E-state index < -0.39 is 21.4 Å². The Morgan fingerprint density at radius 1 is 1.14 bits per heavy atom. The van der Waals surface area contributed by atoms with Gasteiger partial charge in [-0.2, -0.15) is 4.31 Å². The summed E-state index contributed by atoms with van der Waals surface area (Å²) in [4.78, 5) is 28.5. The Labute approximate surface area is 217 Å². The number of pyridine rings is 1. The minimum absolute atomic E-state index is 0.0121. The summed E-state index contributed by atoms with van der Waals surface area (Å²) in [7, 11) is -2.04. The maximum Gasteiger partial charge on any atom is 0.256 e. The SMILES string of the molecule is CCN(CCCNC(=O)c1cn(C)c2ccc(S(=O)(=O)N3CCOCC3)cc2c1=O)c1cccc(C)c1. The molecule has 0 saturated carbocycles. The maximum absolute atomic E-state index is 13.3. The summed E-state index contributed by atoms with van der Waals surface area (Å²) >= 11 is 0. The molecular formula is C27H34N4O5S. The number of fused-ring (bicyclic) bond motifs is 1. The fourth-order valence-corrected chi connectivity index (χ4v) is 6.03. The van der Waals surface area contributed by atoms with Gasteiger partial charge in [0.25, 0.3) is 5.91 Å². The van der Waals surface area contributed by atoms with Crippen LogP contribution in [0, 0.1) is 6.92 Å². The predicted octanol–water partition coefficient (Wildman–Crippen LogP) is 2.51. The Balaban J connectivity index is 1.49. The molecule has 9 nitrogen and oxygen atoms in total. The number of rotatable bonds is 9. The summed E-state index contributed by atoms with van der Waals surface area (Å²) in [6, 6.07) is 12.8. The van der Waals surface area contributed by atoms with Gasteiger partial charge in [-0.05, 0) is 56.2 Å². The molecule has 37 heavy (non-hydrogen) atoms. The van der Waals surface area contributed by atoms with Crippen LogP contribution in [-0.4, -0.2) is 69.1 Å². The van der Waals surface area contributed by atoms with Gasteiger partial charge in [0.1, 0.15) is 5.56 Å². The van der Waals surface area contributed by atoms with Crippen LogP contribution < -0.4 is 15.6 Å². The van der Waals surface area contributed by atoms with Gasteiger partial charge in [0.15, 0.2) is 0 Å². The third kappa shape index (κ3) is 5.87. The molecule has 198 valence electrons. The molecule has 1 saturated heterocycles. The van der Waals surface area contributed by atoms with Gasteiger partial charge < -0.3 is 19.5 Å². The van der Waals surface area contributed by atoms with Gasteiger partial charge in [-0.15, -0.1) is 0 Å². The summed E-state index contributed by atoms with van der Waals surface area (Å²) in [6.07, 6.45) is 2.21. The van der Waals surface area contributed by atoms with Crippen LogP contribution in [0.1, 0.15) is 29.3 Å². The van der Waals surface area contributed by atoms with E-state index >= 15 is 0 Å². The Bertz CT molecular complexity index is 1440. The summed E-state index contributed by atoms with van der Waals surface area (Å²) < 4.78 is 34.5. The molecule has 4 rings (SSSR count). The first-order valence-electron chi connectivity index (χ1n) is 12.5. The highest BCUT2D eigenvalue weighted by molar-refractivity contribution is 7.89. The van der Waals surface area contributed by atoms with E-state index in [-0.39, 0.29) is 28.9 Å². The van der Waals surface area contributed by atoms with Crippen molar-refractivity contribution in [2.24, 2.45) is 7.05 Å². The molecule has 0 aliphatic carbocycles. The van der Waals surface area contributed by atoms with Crippen LogP contribution >= 0.6 is 0 Å². The van der Waals surface area contributed by atoms with Crippen molar-refractivity contribution in [2.45, 2.75) is 25.2 Å². The first-order valence-corrected chi connectivity index (χ1v) is 14.0. The zero-order valence-corrected chi connectivity index (χ0v) is 22.4. The number of aromatic nitrogens is 1. The van der Waals surface area contributed by atoms with E-state index in [0.717, 1.165) is 18.8 Å². The van der Waals surface area contributed by atoms with Gasteiger partial charge in [-0.3, -0.25) is 9.59 Å². The second kappa shape index (κ2) is 11.5. The fraction of sp³-hybridized carbons (Fsp3) is 0.407. The minimum atomic E-state index is -3.77. The van der Waals surface area contributed by atoms with Crippen LogP contribution in [0.4, 0.5) is 5.69 Å². The van der Waals surface area contributed by atoms with Gasteiger partial charge in [-0.25, -0.2) is 8.42 Å². The molecule has 1 aliphatic rings. The molecule has 10 heteroatoms. The highest BCUT2D eigenvalue weighted by Gasteiger charge is 2.27. The highest BCUT2D eigenvalue weighted by Crippen LogP contribution is 2.21. The Morgan fingerprint density at radius 3 is 2.59 bits per heavy atom. The molecule has 0 unspecified atom stereocenters. The molecule has 3 aromatic rings. The van der Waals surface area contributed by atoms with Crippen molar-refractivity contribution in [2.75, 3.05) is 50.8 Å². The van der Waals surface area contributed by atoms with Crippen molar-refractivity contribution in [3.8, 4) is 0 Å². The second-order valence-electron chi connectivity index (χ2n) is 9.21. The average Bonchev–Trinajstić information content (AvgIpc) is 2.90. The Hall–Kier alpha value is -3.21. The number of hydrogen-bond donors (Lipinski definition) is 1. The standard InChI is InChI=1S/C27H34N4O5S/c1-4-30(21-8-5-7-20(2)17-21)12-6-11-28-27(33)24-19-29(3)25-10-9-22(18-23(25)26(24)32)37(34,35)31-13-15-36-16-14-31/h5,7-10,17-19H,4,6,11-16H2,1-3H3,(H,28,33). The molecule has 1 amide bonds. The zero-order chi connectivity index (χ0) is 26.6. The lowest BCUT2D eigenvalue weighted by molar-refractivity contribution is 0.0730. The highest BCUT2D eigenvalue weighted by atomic mass is 32.2. The van der Waals surface area contributed by atoms with Gasteiger partial charge >= 0.3 is 0 Å². The number of nitrogens with one attached hydrogen (secondary N) is 1. The number of amides is 1. The van der Waals surface area contributed by atoms with Crippen LogP contribution in [-0.2, 0) is 21.8 Å². The molecule has 0 radical (unpaired) electrons. The lowest BCUT2D eigenvalue weighted by Gasteiger charge is -2.26.